The standard InChI is InChI=1S/C17H25NO2/c1-13-6-8-14(9-7-13)11-18-10-4-5-15(12-18)17(2,3)16(19)20/h6-9,15H,4-5,10-12H2,1-3H3,(H,19,20). The topological polar surface area (TPSA) is 40.5 Å². The first-order chi connectivity index (χ1) is 9.39. The van der Waals surface area contributed by atoms with Gasteiger partial charge in [-0.05, 0) is 51.6 Å². The molecule has 1 N–H and O–H groups in total. The molecule has 1 fully saturated rings. The van der Waals surface area contributed by atoms with Gasteiger partial charge in [0.15, 0.2) is 0 Å². The Bertz CT molecular complexity index is 464. The number of aryl methyl sites for hydroxylation is 1. The first-order valence-electron chi connectivity index (χ1n) is 7.41. The van der Waals surface area contributed by atoms with E-state index >= 15 is 0 Å². The van der Waals surface area contributed by atoms with Gasteiger partial charge in [-0.1, -0.05) is 29.8 Å². The lowest BCUT2D eigenvalue weighted by molar-refractivity contribution is -0.151. The van der Waals surface area contributed by atoms with E-state index in [1.165, 1.54) is 11.1 Å². The summed E-state index contributed by atoms with van der Waals surface area (Å²) in [4.78, 5) is 13.8. The third-order valence-electron chi connectivity index (χ3n) is 4.60. The molecular formula is C17H25NO2. The Hall–Kier alpha value is -1.35. The second-order valence-corrected chi connectivity index (χ2v) is 6.59. The molecule has 1 unspecified atom stereocenters. The van der Waals surface area contributed by atoms with Crippen molar-refractivity contribution in [3.05, 3.63) is 35.4 Å². The minimum atomic E-state index is -0.681. The quantitative estimate of drug-likeness (QED) is 0.916. The first kappa shape index (κ1) is 15.0. The first-order valence-corrected chi connectivity index (χ1v) is 7.41. The van der Waals surface area contributed by atoms with Crippen LogP contribution < -0.4 is 0 Å². The van der Waals surface area contributed by atoms with Crippen molar-refractivity contribution in [1.82, 2.24) is 4.90 Å². The van der Waals surface area contributed by atoms with Crippen LogP contribution in [0.1, 0.15) is 37.8 Å². The number of likely N-dealkylation sites (tertiary alicyclic amines) is 1. The third kappa shape index (κ3) is 3.40. The molecule has 1 aliphatic heterocycles. The van der Waals surface area contributed by atoms with Crippen molar-refractivity contribution in [3.63, 3.8) is 0 Å². The largest absolute Gasteiger partial charge is 0.481 e. The number of piperidine rings is 1. The van der Waals surface area contributed by atoms with Gasteiger partial charge in [0.05, 0.1) is 5.41 Å². The molecule has 0 radical (unpaired) electrons. The molecule has 3 heteroatoms. The fraction of sp³-hybridized carbons (Fsp3) is 0.588. The fourth-order valence-electron chi connectivity index (χ4n) is 2.91. The molecule has 0 aromatic heterocycles. The number of nitrogens with zero attached hydrogens (tertiary/aromatic N) is 1. The average molecular weight is 275 g/mol. The Morgan fingerprint density at radius 2 is 2.00 bits per heavy atom. The van der Waals surface area contributed by atoms with Crippen LogP contribution in [-0.4, -0.2) is 29.1 Å². The van der Waals surface area contributed by atoms with Crippen molar-refractivity contribution in [2.75, 3.05) is 13.1 Å². The van der Waals surface area contributed by atoms with Crippen LogP contribution in [0.2, 0.25) is 0 Å². The van der Waals surface area contributed by atoms with Gasteiger partial charge < -0.3 is 5.11 Å². The molecule has 1 aromatic carbocycles. The van der Waals surface area contributed by atoms with Gasteiger partial charge in [-0.3, -0.25) is 9.69 Å². The van der Waals surface area contributed by atoms with E-state index in [1.807, 2.05) is 13.8 Å². The van der Waals surface area contributed by atoms with E-state index < -0.39 is 11.4 Å². The van der Waals surface area contributed by atoms with Crippen molar-refractivity contribution in [3.8, 4) is 0 Å². The molecule has 1 aromatic rings. The molecule has 1 aliphatic rings. The van der Waals surface area contributed by atoms with Crippen molar-refractivity contribution in [2.45, 2.75) is 40.2 Å². The maximum Gasteiger partial charge on any atom is 0.309 e. The maximum absolute atomic E-state index is 11.4. The molecule has 2 rings (SSSR count). The Kier molecular flexibility index (Phi) is 4.48. The lowest BCUT2D eigenvalue weighted by Gasteiger charge is -2.39. The smallest absolute Gasteiger partial charge is 0.309 e. The van der Waals surface area contributed by atoms with Crippen molar-refractivity contribution >= 4 is 5.97 Å². The normalized spacial score (nSPS) is 20.9. The molecule has 0 aliphatic carbocycles. The highest BCUT2D eigenvalue weighted by Gasteiger charge is 2.38. The van der Waals surface area contributed by atoms with Crippen LogP contribution in [0.15, 0.2) is 24.3 Å². The van der Waals surface area contributed by atoms with Crippen LogP contribution in [0.5, 0.6) is 0 Å². The van der Waals surface area contributed by atoms with Crippen molar-refractivity contribution < 1.29 is 9.90 Å². The average Bonchev–Trinajstić information content (AvgIpc) is 2.41. The Labute approximate surface area is 121 Å². The zero-order valence-electron chi connectivity index (χ0n) is 12.7. The summed E-state index contributed by atoms with van der Waals surface area (Å²) in [6, 6.07) is 8.61. The van der Waals surface area contributed by atoms with Crippen molar-refractivity contribution in [2.24, 2.45) is 11.3 Å². The molecule has 0 amide bonds. The fourth-order valence-corrected chi connectivity index (χ4v) is 2.91. The predicted molar refractivity (Wildman–Crippen MR) is 80.6 cm³/mol. The number of hydrogen-bond donors (Lipinski definition) is 1. The molecule has 0 bridgehead atoms. The highest BCUT2D eigenvalue weighted by molar-refractivity contribution is 5.74. The molecule has 0 spiro atoms. The number of benzene rings is 1. The van der Waals surface area contributed by atoms with Crippen LogP contribution >= 0.6 is 0 Å². The molecule has 1 saturated heterocycles. The van der Waals surface area contributed by atoms with Gasteiger partial charge in [-0.25, -0.2) is 0 Å². The molecule has 1 heterocycles. The number of aliphatic carboxylic acids is 1. The minimum absolute atomic E-state index is 0.235. The highest BCUT2D eigenvalue weighted by Crippen LogP contribution is 2.34. The van der Waals surface area contributed by atoms with Gasteiger partial charge in [0.25, 0.3) is 0 Å². The Morgan fingerprint density at radius 3 is 2.60 bits per heavy atom. The minimum Gasteiger partial charge on any atom is -0.481 e. The molecule has 1 atom stereocenters. The summed E-state index contributed by atoms with van der Waals surface area (Å²) in [6.45, 7) is 8.68. The predicted octanol–water partition coefficient (Wildman–Crippen LogP) is 3.32. The van der Waals surface area contributed by atoms with E-state index in [-0.39, 0.29) is 5.92 Å². The van der Waals surface area contributed by atoms with Gasteiger partial charge >= 0.3 is 5.97 Å². The van der Waals surface area contributed by atoms with Crippen LogP contribution in [-0.2, 0) is 11.3 Å². The Balaban J connectivity index is 2.00. The van der Waals surface area contributed by atoms with E-state index in [1.54, 1.807) is 0 Å². The molecule has 0 saturated carbocycles. The maximum atomic E-state index is 11.4. The van der Waals surface area contributed by atoms with Gasteiger partial charge in [-0.15, -0.1) is 0 Å². The van der Waals surface area contributed by atoms with E-state index in [0.717, 1.165) is 32.5 Å². The van der Waals surface area contributed by atoms with Gasteiger partial charge in [0, 0.05) is 13.1 Å². The third-order valence-corrected chi connectivity index (χ3v) is 4.60. The van der Waals surface area contributed by atoms with Gasteiger partial charge in [0.1, 0.15) is 0 Å². The SMILES string of the molecule is Cc1ccc(CN2CCCC(C(C)(C)C(=O)O)C2)cc1. The number of rotatable bonds is 4. The number of carboxylic acids is 1. The van der Waals surface area contributed by atoms with Crippen LogP contribution in [0.3, 0.4) is 0 Å². The zero-order valence-corrected chi connectivity index (χ0v) is 12.7. The Morgan fingerprint density at radius 1 is 1.35 bits per heavy atom. The summed E-state index contributed by atoms with van der Waals surface area (Å²) in [7, 11) is 0. The summed E-state index contributed by atoms with van der Waals surface area (Å²) < 4.78 is 0. The van der Waals surface area contributed by atoms with Crippen LogP contribution in [0.4, 0.5) is 0 Å². The van der Waals surface area contributed by atoms with Crippen LogP contribution in [0, 0.1) is 18.3 Å². The van der Waals surface area contributed by atoms with E-state index in [2.05, 4.69) is 36.1 Å². The summed E-state index contributed by atoms with van der Waals surface area (Å²) in [5, 5.41) is 9.38. The van der Waals surface area contributed by atoms with E-state index in [4.69, 9.17) is 0 Å². The lowest BCUT2D eigenvalue weighted by atomic mass is 9.74. The van der Waals surface area contributed by atoms with Gasteiger partial charge in [-0.2, -0.15) is 0 Å². The number of carboxylic acid groups (broad SMARTS) is 1. The molecular weight excluding hydrogens is 250 g/mol. The molecule has 20 heavy (non-hydrogen) atoms. The summed E-state index contributed by atoms with van der Waals surface area (Å²) in [6.07, 6.45) is 2.11. The summed E-state index contributed by atoms with van der Waals surface area (Å²) in [5.74, 6) is -0.445. The zero-order chi connectivity index (χ0) is 14.8. The summed E-state index contributed by atoms with van der Waals surface area (Å²) >= 11 is 0. The molecule has 3 nitrogen and oxygen atoms in total. The molecule has 110 valence electrons. The number of hydrogen-bond acceptors (Lipinski definition) is 2. The van der Waals surface area contributed by atoms with Gasteiger partial charge in [0.2, 0.25) is 0 Å². The second-order valence-electron chi connectivity index (χ2n) is 6.59. The lowest BCUT2D eigenvalue weighted by Crippen LogP contribution is -2.44. The highest BCUT2D eigenvalue weighted by atomic mass is 16.4. The van der Waals surface area contributed by atoms with Crippen molar-refractivity contribution in [1.29, 1.82) is 0 Å². The number of carbonyl (C=O) groups is 1. The van der Waals surface area contributed by atoms with E-state index in [0.29, 0.717) is 0 Å². The summed E-state index contributed by atoms with van der Waals surface area (Å²) in [5.41, 5.74) is 1.95. The van der Waals surface area contributed by atoms with E-state index in [9.17, 15) is 9.90 Å². The second kappa shape index (κ2) is 5.96. The monoisotopic (exact) mass is 275 g/mol. The van der Waals surface area contributed by atoms with Crippen LogP contribution in [0.25, 0.3) is 0 Å².